The summed E-state index contributed by atoms with van der Waals surface area (Å²) < 4.78 is 38.9. The highest BCUT2D eigenvalue weighted by atomic mass is 33.2. The molecule has 0 bridgehead atoms. The molecule has 0 rings (SSSR count). The standard InChI is InChI=1S/H4N2O4S2/c1-7(3,4)8(2,5)6/h(H2,1,3,4)(H2,2,5,6). The van der Waals surface area contributed by atoms with Gasteiger partial charge in [-0.2, -0.15) is 16.8 Å². The van der Waals surface area contributed by atoms with Gasteiger partial charge in [-0.3, -0.25) is 0 Å². The molecule has 0 fully saturated rings. The van der Waals surface area contributed by atoms with Crippen LogP contribution in [0, 0.1) is 0 Å². The van der Waals surface area contributed by atoms with E-state index in [1.54, 1.807) is 0 Å². The number of nitrogens with two attached hydrogens (primary N) is 2. The molecule has 50 valence electrons. The lowest BCUT2D eigenvalue weighted by atomic mass is 13.9. The SMILES string of the molecule is NS(=O)(=O)S(N)(=O)=O. The molecule has 0 aromatic carbocycles. The van der Waals surface area contributed by atoms with Crippen LogP contribution < -0.4 is 10.3 Å². The molecular weight excluding hydrogens is 156 g/mol. The molecule has 8 heteroatoms. The molecular formula is H4N2O4S2. The fraction of sp³-hybridized carbons (Fsp3) is 0. The van der Waals surface area contributed by atoms with Gasteiger partial charge < -0.3 is 0 Å². The summed E-state index contributed by atoms with van der Waals surface area (Å²) in [6.45, 7) is 0. The van der Waals surface area contributed by atoms with Crippen molar-refractivity contribution in [3.63, 3.8) is 0 Å². The van der Waals surface area contributed by atoms with Crippen molar-refractivity contribution < 1.29 is 16.8 Å². The zero-order valence-electron chi connectivity index (χ0n) is 3.60. The second kappa shape index (κ2) is 1.65. The van der Waals surface area contributed by atoms with Crippen molar-refractivity contribution in [3.05, 3.63) is 0 Å². The minimum atomic E-state index is -4.59. The van der Waals surface area contributed by atoms with Crippen molar-refractivity contribution in [1.29, 1.82) is 0 Å². The zero-order chi connectivity index (χ0) is 7.00. The summed E-state index contributed by atoms with van der Waals surface area (Å²) >= 11 is 0. The third-order valence-electron chi connectivity index (χ3n) is 0.324. The summed E-state index contributed by atoms with van der Waals surface area (Å²) in [5.41, 5.74) is 0. The maximum Gasteiger partial charge on any atom is 0.328 e. The molecule has 0 radical (unpaired) electrons. The van der Waals surface area contributed by atoms with Gasteiger partial charge in [0, 0.05) is 0 Å². The van der Waals surface area contributed by atoms with E-state index in [4.69, 9.17) is 0 Å². The van der Waals surface area contributed by atoms with E-state index in [9.17, 15) is 16.8 Å². The van der Waals surface area contributed by atoms with Gasteiger partial charge in [-0.15, -0.1) is 0 Å². The van der Waals surface area contributed by atoms with Crippen LogP contribution in [-0.2, 0) is 18.1 Å². The molecule has 6 nitrogen and oxygen atoms in total. The number of hydrogen-bond acceptors (Lipinski definition) is 4. The minimum Gasteiger partial charge on any atom is -0.215 e. The highest BCUT2D eigenvalue weighted by Gasteiger charge is 2.17. The van der Waals surface area contributed by atoms with Crippen LogP contribution in [0.4, 0.5) is 0 Å². The third-order valence-corrected chi connectivity index (χ3v) is 2.91. The monoisotopic (exact) mass is 160 g/mol. The average molecular weight is 160 g/mol. The molecule has 4 N–H and O–H groups in total. The lowest BCUT2D eigenvalue weighted by molar-refractivity contribution is 0.584. The Labute approximate surface area is 46.0 Å². The predicted octanol–water partition coefficient (Wildman–Crippen LogP) is -2.52. The molecule has 0 saturated carbocycles. The molecule has 0 aliphatic heterocycles. The molecule has 0 spiro atoms. The topological polar surface area (TPSA) is 120 Å². The van der Waals surface area contributed by atoms with E-state index in [1.807, 2.05) is 0 Å². The Bertz CT molecular complexity index is 224. The Morgan fingerprint density at radius 2 is 0.875 bits per heavy atom. The average Bonchev–Trinajstić information content (AvgIpc) is 1.25. The van der Waals surface area contributed by atoms with E-state index in [2.05, 4.69) is 10.3 Å². The minimum absolute atomic E-state index is 4.07. The van der Waals surface area contributed by atoms with Crippen LogP contribution in [-0.4, -0.2) is 16.8 Å². The first-order chi connectivity index (χ1) is 3.25. The van der Waals surface area contributed by atoms with Crippen molar-refractivity contribution in [2.45, 2.75) is 0 Å². The highest BCUT2D eigenvalue weighted by Crippen LogP contribution is 1.82. The maximum atomic E-state index is 9.72. The normalized spacial score (nSPS) is 13.8. The van der Waals surface area contributed by atoms with Crippen LogP contribution in [0.15, 0.2) is 0 Å². The first-order valence-corrected chi connectivity index (χ1v) is 4.91. The lowest BCUT2D eigenvalue weighted by Crippen LogP contribution is -2.29. The van der Waals surface area contributed by atoms with E-state index in [-0.39, 0.29) is 0 Å². The Kier molecular flexibility index (Phi) is 1.62. The van der Waals surface area contributed by atoms with Gasteiger partial charge in [0.1, 0.15) is 0 Å². The maximum absolute atomic E-state index is 9.72. The molecule has 0 aliphatic carbocycles. The van der Waals surface area contributed by atoms with Crippen molar-refractivity contribution in [1.82, 2.24) is 0 Å². The van der Waals surface area contributed by atoms with Gasteiger partial charge in [-0.1, -0.05) is 0 Å². The highest BCUT2D eigenvalue weighted by molar-refractivity contribution is 8.65. The van der Waals surface area contributed by atoms with E-state index in [0.717, 1.165) is 0 Å². The Balaban J connectivity index is 5.18. The molecule has 0 aromatic heterocycles. The molecule has 0 saturated heterocycles. The number of rotatable bonds is 1. The van der Waals surface area contributed by atoms with Gasteiger partial charge in [-0.05, 0) is 0 Å². The third kappa shape index (κ3) is 1.74. The van der Waals surface area contributed by atoms with Gasteiger partial charge in [0.25, 0.3) is 0 Å². The van der Waals surface area contributed by atoms with E-state index >= 15 is 0 Å². The van der Waals surface area contributed by atoms with Gasteiger partial charge in [-0.25, -0.2) is 10.3 Å². The van der Waals surface area contributed by atoms with Crippen molar-refractivity contribution in [2.75, 3.05) is 0 Å². The summed E-state index contributed by atoms with van der Waals surface area (Å²) in [5, 5.41) is 8.14. The second-order valence-corrected chi connectivity index (χ2v) is 5.74. The van der Waals surface area contributed by atoms with Crippen LogP contribution in [0.3, 0.4) is 0 Å². The predicted molar refractivity (Wildman–Crippen MR) is 26.2 cm³/mol. The zero-order valence-corrected chi connectivity index (χ0v) is 5.24. The van der Waals surface area contributed by atoms with Gasteiger partial charge >= 0.3 is 18.1 Å². The van der Waals surface area contributed by atoms with Crippen molar-refractivity contribution in [2.24, 2.45) is 10.3 Å². The summed E-state index contributed by atoms with van der Waals surface area (Å²) in [5.74, 6) is 0. The van der Waals surface area contributed by atoms with Crippen molar-refractivity contribution in [3.8, 4) is 0 Å². The van der Waals surface area contributed by atoms with E-state index < -0.39 is 18.1 Å². The van der Waals surface area contributed by atoms with Gasteiger partial charge in [0.05, 0.1) is 0 Å². The van der Waals surface area contributed by atoms with Crippen LogP contribution in [0.25, 0.3) is 0 Å². The van der Waals surface area contributed by atoms with E-state index in [1.165, 1.54) is 0 Å². The molecule has 0 unspecified atom stereocenters. The Hall–Kier alpha value is -0.180. The smallest absolute Gasteiger partial charge is 0.215 e. The van der Waals surface area contributed by atoms with E-state index in [0.29, 0.717) is 0 Å². The molecule has 0 amide bonds. The molecule has 0 aliphatic rings. The van der Waals surface area contributed by atoms with Crippen molar-refractivity contribution >= 4 is 18.1 Å². The molecule has 8 heavy (non-hydrogen) atoms. The number of hydrogen-bond donors (Lipinski definition) is 2. The molecule has 0 atom stereocenters. The molecule has 0 heterocycles. The fourth-order valence-electron chi connectivity index (χ4n) is 0. The Morgan fingerprint density at radius 1 is 0.750 bits per heavy atom. The van der Waals surface area contributed by atoms with Crippen LogP contribution in [0.1, 0.15) is 0 Å². The summed E-state index contributed by atoms with van der Waals surface area (Å²) in [4.78, 5) is 0. The first kappa shape index (κ1) is 7.82. The summed E-state index contributed by atoms with van der Waals surface area (Å²) in [7, 11) is -9.18. The lowest BCUT2D eigenvalue weighted by Gasteiger charge is -1.87. The van der Waals surface area contributed by atoms with Crippen LogP contribution in [0.2, 0.25) is 0 Å². The quantitative estimate of drug-likeness (QED) is 0.411. The van der Waals surface area contributed by atoms with Crippen LogP contribution >= 0.6 is 0 Å². The fourth-order valence-corrected chi connectivity index (χ4v) is 0. The molecule has 0 aromatic rings. The van der Waals surface area contributed by atoms with Gasteiger partial charge in [0.2, 0.25) is 0 Å². The summed E-state index contributed by atoms with van der Waals surface area (Å²) in [6.07, 6.45) is 0. The first-order valence-electron chi connectivity index (χ1n) is 1.30. The van der Waals surface area contributed by atoms with Gasteiger partial charge in [0.15, 0.2) is 0 Å². The second-order valence-electron chi connectivity index (χ2n) is 0.986. The summed E-state index contributed by atoms with van der Waals surface area (Å²) in [6, 6.07) is 0. The Morgan fingerprint density at radius 3 is 0.875 bits per heavy atom. The van der Waals surface area contributed by atoms with Crippen LogP contribution in [0.5, 0.6) is 0 Å². The largest absolute Gasteiger partial charge is 0.328 e.